The third-order valence-electron chi connectivity index (χ3n) is 5.53. The second-order valence-electron chi connectivity index (χ2n) is 8.20. The molecule has 0 radical (unpaired) electrons. The maximum absolute atomic E-state index is 13.1. The Hall–Kier alpha value is -3.63. The van der Waals surface area contributed by atoms with E-state index in [0.717, 1.165) is 16.2 Å². The van der Waals surface area contributed by atoms with Gasteiger partial charge in [-0.3, -0.25) is 14.5 Å². The molecule has 1 saturated heterocycles. The third kappa shape index (κ3) is 5.76. The summed E-state index contributed by atoms with van der Waals surface area (Å²) in [4.78, 5) is 60.3. The molecule has 0 aromatic carbocycles. The summed E-state index contributed by atoms with van der Waals surface area (Å²) in [5.74, 6) is -3.20. The zero-order valence-electron chi connectivity index (χ0n) is 20.1. The Kier molecular flexibility index (Phi) is 8.23. The number of carboxylic acid groups (broad SMARTS) is 2. The van der Waals surface area contributed by atoms with Crippen molar-refractivity contribution >= 4 is 69.5 Å². The van der Waals surface area contributed by atoms with Crippen molar-refractivity contribution in [3.63, 3.8) is 0 Å². The number of nitrogen functional groups attached to an aromatic ring is 1. The highest BCUT2D eigenvalue weighted by Crippen LogP contribution is 2.41. The van der Waals surface area contributed by atoms with E-state index in [-0.39, 0.29) is 22.2 Å². The van der Waals surface area contributed by atoms with Crippen LogP contribution in [-0.4, -0.2) is 78.6 Å². The van der Waals surface area contributed by atoms with Crippen molar-refractivity contribution in [2.24, 2.45) is 12.2 Å². The molecule has 3 atom stereocenters. The van der Waals surface area contributed by atoms with Crippen molar-refractivity contribution in [1.29, 1.82) is 0 Å². The van der Waals surface area contributed by atoms with Gasteiger partial charge in [0.05, 0.1) is 0 Å². The van der Waals surface area contributed by atoms with E-state index in [0.29, 0.717) is 17.1 Å². The number of fused-ring (bicyclic) bond motifs is 1. The number of hydrogen-bond donors (Lipinski definition) is 4. The number of carboxylic acids is 2. The molecule has 4 heterocycles. The van der Waals surface area contributed by atoms with Crippen LogP contribution in [0.1, 0.15) is 12.6 Å². The molecule has 0 unspecified atom stereocenters. The highest BCUT2D eigenvalue weighted by molar-refractivity contribution is 8.01. The standard InChI is InChI=1S/C22H22N6O7S3/c1-10(20(31)32)35-26-14(13-9-38-22(23)24-13)17(29)25-15-18(30)28-16(21(33)34)11(8-37-19(15)28)7-36-12-3-5-27(2)6-4-12/h3-6,9-10,15,19H,7-8H2,1-2H3,(H4-,23,24,25,29,31,32,33,34)/p+1/b26-14+/t10-,15-,19-/m0/s1. The number of anilines is 1. The second-order valence-corrected chi connectivity index (χ2v) is 11.2. The molecule has 1 fully saturated rings. The number of thioether (sulfide) groups is 2. The Morgan fingerprint density at radius 3 is 2.68 bits per heavy atom. The fourth-order valence-electron chi connectivity index (χ4n) is 3.54. The normalized spacial score (nSPS) is 19.9. The lowest BCUT2D eigenvalue weighted by atomic mass is 10.0. The molecular formula is C22H23N6O7S3+. The van der Waals surface area contributed by atoms with E-state index in [1.54, 1.807) is 0 Å². The van der Waals surface area contributed by atoms with Crippen LogP contribution in [0, 0.1) is 0 Å². The molecule has 4 rings (SSSR count). The smallest absolute Gasteiger partial charge is 0.352 e. The van der Waals surface area contributed by atoms with Crippen molar-refractivity contribution in [2.75, 3.05) is 17.2 Å². The number of hydrogen-bond acceptors (Lipinski definition) is 11. The van der Waals surface area contributed by atoms with Crippen molar-refractivity contribution in [3.05, 3.63) is 46.9 Å². The van der Waals surface area contributed by atoms with Gasteiger partial charge in [-0.25, -0.2) is 19.1 Å². The quantitative estimate of drug-likeness (QED) is 0.0994. The first-order chi connectivity index (χ1) is 18.1. The molecule has 0 spiro atoms. The van der Waals surface area contributed by atoms with Crippen LogP contribution in [0.4, 0.5) is 5.13 Å². The summed E-state index contributed by atoms with van der Waals surface area (Å²) in [5.41, 5.74) is 5.85. The Balaban J connectivity index is 1.50. The lowest BCUT2D eigenvalue weighted by Crippen LogP contribution is -2.71. The van der Waals surface area contributed by atoms with Gasteiger partial charge < -0.3 is 26.1 Å². The topological polar surface area (TPSA) is 188 Å². The SMILES string of the molecule is C[C@H](O/N=C(/C(=O)N[C@H]1C(=O)N2C(C(=O)O)=C(CSc3cc[n+](C)cc3)CS[C@@H]12)c1csc(N)n1)C(=O)O. The molecule has 2 aromatic rings. The second kappa shape index (κ2) is 11.4. The van der Waals surface area contributed by atoms with Crippen molar-refractivity contribution < 1.29 is 38.8 Å². The molecule has 5 N–H and O–H groups in total. The molecule has 2 aliphatic heterocycles. The Morgan fingerprint density at radius 2 is 2.08 bits per heavy atom. The average Bonchev–Trinajstić information content (AvgIpc) is 3.31. The summed E-state index contributed by atoms with van der Waals surface area (Å²) in [5, 5.41) is 26.1. The van der Waals surface area contributed by atoms with Crippen molar-refractivity contribution in [2.45, 2.75) is 29.3 Å². The number of rotatable bonds is 10. The van der Waals surface area contributed by atoms with Gasteiger partial charge in [0, 0.05) is 33.9 Å². The zero-order chi connectivity index (χ0) is 27.6. The van der Waals surface area contributed by atoms with Gasteiger partial charge in [0.15, 0.2) is 23.2 Å². The highest BCUT2D eigenvalue weighted by atomic mass is 32.2. The van der Waals surface area contributed by atoms with Crippen molar-refractivity contribution in [3.8, 4) is 0 Å². The fourth-order valence-corrected chi connectivity index (χ4v) is 6.45. The number of nitrogens with one attached hydrogen (secondary N) is 1. The minimum atomic E-state index is -1.35. The third-order valence-corrected chi connectivity index (χ3v) is 8.64. The van der Waals surface area contributed by atoms with E-state index in [1.165, 1.54) is 40.7 Å². The number of aromatic nitrogens is 2. The maximum Gasteiger partial charge on any atom is 0.352 e. The number of aryl methyl sites for hydroxylation is 1. The average molecular weight is 580 g/mol. The number of carbonyl (C=O) groups excluding carboxylic acids is 2. The van der Waals surface area contributed by atoms with Crippen LogP contribution >= 0.6 is 34.9 Å². The number of thiazole rings is 1. The van der Waals surface area contributed by atoms with Crippen molar-refractivity contribution in [1.82, 2.24) is 15.2 Å². The predicted molar refractivity (Wildman–Crippen MR) is 139 cm³/mol. The highest BCUT2D eigenvalue weighted by Gasteiger charge is 2.54. The minimum Gasteiger partial charge on any atom is -0.478 e. The largest absolute Gasteiger partial charge is 0.478 e. The minimum absolute atomic E-state index is 0.0439. The first-order valence-electron chi connectivity index (χ1n) is 11.0. The number of nitrogens with two attached hydrogens (primary N) is 1. The molecule has 0 aliphatic carbocycles. The lowest BCUT2D eigenvalue weighted by Gasteiger charge is -2.49. The fraction of sp³-hybridized carbons (Fsp3) is 0.318. The van der Waals surface area contributed by atoms with Crippen LogP contribution in [-0.2, 0) is 31.1 Å². The first kappa shape index (κ1) is 27.4. The molecule has 38 heavy (non-hydrogen) atoms. The number of β-lactam (4-membered cyclic amide) rings is 1. The van der Waals surface area contributed by atoms with E-state index in [4.69, 9.17) is 15.7 Å². The molecule has 0 saturated carbocycles. The van der Waals surface area contributed by atoms with Gasteiger partial charge in [-0.2, -0.15) is 0 Å². The number of pyridine rings is 1. The number of oxime groups is 1. The van der Waals surface area contributed by atoms with Crippen LogP contribution < -0.4 is 15.6 Å². The Bertz CT molecular complexity index is 1340. The maximum atomic E-state index is 13.1. The molecule has 13 nitrogen and oxygen atoms in total. The summed E-state index contributed by atoms with van der Waals surface area (Å²) in [7, 11) is 1.90. The van der Waals surface area contributed by atoms with Gasteiger partial charge in [-0.15, -0.1) is 34.9 Å². The number of carbonyl (C=O) groups is 4. The molecule has 2 amide bonds. The van der Waals surface area contributed by atoms with E-state index in [9.17, 15) is 24.3 Å². The molecule has 2 aromatic heterocycles. The summed E-state index contributed by atoms with van der Waals surface area (Å²) in [6.07, 6.45) is 2.43. The molecular weight excluding hydrogens is 556 g/mol. The van der Waals surface area contributed by atoms with Crippen LogP contribution in [0.2, 0.25) is 0 Å². The van der Waals surface area contributed by atoms with Gasteiger partial charge >= 0.3 is 11.9 Å². The van der Waals surface area contributed by atoms with E-state index < -0.39 is 41.3 Å². The van der Waals surface area contributed by atoms with Crippen LogP contribution in [0.25, 0.3) is 0 Å². The molecule has 2 aliphatic rings. The van der Waals surface area contributed by atoms with E-state index in [2.05, 4.69) is 15.5 Å². The summed E-state index contributed by atoms with van der Waals surface area (Å²) >= 11 is 3.84. The number of amides is 2. The zero-order valence-corrected chi connectivity index (χ0v) is 22.5. The van der Waals surface area contributed by atoms with E-state index in [1.807, 2.05) is 36.1 Å². The summed E-state index contributed by atoms with van der Waals surface area (Å²) in [6, 6.07) is 2.81. The van der Waals surface area contributed by atoms with Crippen LogP contribution in [0.3, 0.4) is 0 Å². The number of nitrogens with zero attached hydrogens (tertiary/aromatic N) is 4. The first-order valence-corrected chi connectivity index (χ1v) is 13.9. The predicted octanol–water partition coefficient (Wildman–Crippen LogP) is 0.275. The Morgan fingerprint density at radius 1 is 1.37 bits per heavy atom. The molecule has 16 heteroatoms. The van der Waals surface area contributed by atoms with Gasteiger partial charge in [0.25, 0.3) is 11.8 Å². The molecule has 0 bridgehead atoms. The monoisotopic (exact) mass is 579 g/mol. The van der Waals surface area contributed by atoms with Gasteiger partial charge in [0.2, 0.25) is 6.10 Å². The van der Waals surface area contributed by atoms with Crippen LogP contribution in [0.15, 0.2) is 51.2 Å². The van der Waals surface area contributed by atoms with E-state index >= 15 is 0 Å². The number of aliphatic carboxylic acids is 2. The summed E-state index contributed by atoms with van der Waals surface area (Å²) in [6.45, 7) is 1.23. The van der Waals surface area contributed by atoms with Gasteiger partial charge in [-0.1, -0.05) is 5.16 Å². The summed E-state index contributed by atoms with van der Waals surface area (Å²) < 4.78 is 1.89. The van der Waals surface area contributed by atoms with Gasteiger partial charge in [-0.05, 0) is 12.5 Å². The Labute approximate surface area is 228 Å². The lowest BCUT2D eigenvalue weighted by molar-refractivity contribution is -0.671. The van der Waals surface area contributed by atoms with Gasteiger partial charge in [0.1, 0.15) is 29.9 Å². The van der Waals surface area contributed by atoms with Crippen LogP contribution in [0.5, 0.6) is 0 Å². The molecule has 200 valence electrons.